The summed E-state index contributed by atoms with van der Waals surface area (Å²) in [4.78, 5) is 3.88. The van der Waals surface area contributed by atoms with Gasteiger partial charge in [-0.3, -0.25) is 9.80 Å². The van der Waals surface area contributed by atoms with E-state index >= 15 is 0 Å². The van der Waals surface area contributed by atoms with Crippen molar-refractivity contribution in [3.63, 3.8) is 0 Å². The summed E-state index contributed by atoms with van der Waals surface area (Å²) < 4.78 is 28.2. The van der Waals surface area contributed by atoms with Gasteiger partial charge in [0.1, 0.15) is 0 Å². The molecule has 1 atom stereocenters. The van der Waals surface area contributed by atoms with Gasteiger partial charge in [0, 0.05) is 19.6 Å². The lowest BCUT2D eigenvalue weighted by Crippen LogP contribution is -2.63. The maximum absolute atomic E-state index is 14.1. The lowest BCUT2D eigenvalue weighted by atomic mass is 9.86. The van der Waals surface area contributed by atoms with Crippen LogP contribution in [0, 0.1) is 11.8 Å². The van der Waals surface area contributed by atoms with Crippen molar-refractivity contribution in [3.05, 3.63) is 0 Å². The second-order valence-corrected chi connectivity index (χ2v) is 6.38. The summed E-state index contributed by atoms with van der Waals surface area (Å²) in [6.07, 6.45) is 1.80. The molecule has 18 heavy (non-hydrogen) atoms. The van der Waals surface area contributed by atoms with Crippen LogP contribution >= 0.6 is 0 Å². The molecular weight excluding hydrogens is 234 g/mol. The molecule has 0 N–H and O–H groups in total. The monoisotopic (exact) mass is 260 g/mol. The topological polar surface area (TPSA) is 6.48 Å². The van der Waals surface area contributed by atoms with Gasteiger partial charge in [-0.05, 0) is 31.2 Å². The Kier molecular flexibility index (Phi) is 4.27. The molecule has 0 radical (unpaired) electrons. The average Bonchev–Trinajstić information content (AvgIpc) is 2.22. The molecule has 1 unspecified atom stereocenters. The summed E-state index contributed by atoms with van der Waals surface area (Å²) in [5.74, 6) is -1.21. The summed E-state index contributed by atoms with van der Waals surface area (Å²) in [6, 6.07) is -0.510. The highest BCUT2D eigenvalue weighted by atomic mass is 19.3. The van der Waals surface area contributed by atoms with E-state index in [1.165, 1.54) is 6.42 Å². The van der Waals surface area contributed by atoms with Gasteiger partial charge in [0.2, 0.25) is 0 Å². The van der Waals surface area contributed by atoms with Gasteiger partial charge in [-0.1, -0.05) is 20.8 Å². The van der Waals surface area contributed by atoms with Gasteiger partial charge in [0.15, 0.2) is 0 Å². The van der Waals surface area contributed by atoms with Crippen LogP contribution in [-0.2, 0) is 0 Å². The van der Waals surface area contributed by atoms with Crippen LogP contribution in [0.3, 0.4) is 0 Å². The van der Waals surface area contributed by atoms with Gasteiger partial charge >= 0.3 is 0 Å². The van der Waals surface area contributed by atoms with E-state index in [0.717, 1.165) is 26.2 Å². The summed E-state index contributed by atoms with van der Waals surface area (Å²) in [5, 5.41) is 0. The fraction of sp³-hybridized carbons (Fsp3) is 1.00. The standard InChI is InChI=1S/C14H26F2N2/c1-4-17-6-5-13(14(15,16)10-17)18-8-12(9-18)7-11(2)3/h11-13H,4-10H2,1-3H3. The minimum atomic E-state index is -2.53. The first kappa shape index (κ1) is 14.2. The van der Waals surface area contributed by atoms with Crippen LogP contribution in [0.2, 0.25) is 0 Å². The van der Waals surface area contributed by atoms with E-state index in [4.69, 9.17) is 0 Å². The van der Waals surface area contributed by atoms with Gasteiger partial charge in [0.05, 0.1) is 12.6 Å². The number of likely N-dealkylation sites (tertiary alicyclic amines) is 2. The minimum absolute atomic E-state index is 0.0560. The molecule has 2 heterocycles. The van der Waals surface area contributed by atoms with Gasteiger partial charge < -0.3 is 0 Å². The Morgan fingerprint density at radius 2 is 1.94 bits per heavy atom. The third-order valence-corrected chi connectivity index (χ3v) is 4.32. The molecule has 2 fully saturated rings. The van der Waals surface area contributed by atoms with Crippen LogP contribution in [0.1, 0.15) is 33.6 Å². The van der Waals surface area contributed by atoms with E-state index in [1.807, 2.05) is 16.7 Å². The first-order valence-electron chi connectivity index (χ1n) is 7.26. The van der Waals surface area contributed by atoms with Crippen molar-refractivity contribution in [2.45, 2.75) is 45.6 Å². The number of alkyl halides is 2. The fourth-order valence-corrected chi connectivity index (χ4v) is 3.40. The molecule has 106 valence electrons. The Labute approximate surface area is 109 Å². The van der Waals surface area contributed by atoms with E-state index in [0.29, 0.717) is 18.3 Å². The summed E-state index contributed by atoms with van der Waals surface area (Å²) in [7, 11) is 0. The maximum Gasteiger partial charge on any atom is 0.275 e. The fourth-order valence-electron chi connectivity index (χ4n) is 3.40. The number of hydrogen-bond acceptors (Lipinski definition) is 2. The second kappa shape index (κ2) is 5.41. The zero-order valence-corrected chi connectivity index (χ0v) is 11.8. The molecule has 0 bridgehead atoms. The molecule has 0 aromatic carbocycles. The summed E-state index contributed by atoms with van der Waals surface area (Å²) >= 11 is 0. The smallest absolute Gasteiger partial charge is 0.275 e. The quantitative estimate of drug-likeness (QED) is 0.767. The molecule has 2 aliphatic rings. The third-order valence-electron chi connectivity index (χ3n) is 4.32. The predicted molar refractivity (Wildman–Crippen MR) is 70.0 cm³/mol. The molecule has 2 saturated heterocycles. The van der Waals surface area contributed by atoms with Crippen molar-refractivity contribution < 1.29 is 8.78 Å². The van der Waals surface area contributed by atoms with Gasteiger partial charge in [-0.15, -0.1) is 0 Å². The molecule has 4 heteroatoms. The molecule has 0 saturated carbocycles. The molecule has 0 aromatic heterocycles. The van der Waals surface area contributed by atoms with Crippen molar-refractivity contribution in [1.82, 2.24) is 9.80 Å². The SMILES string of the molecule is CCN1CCC(N2CC(CC(C)C)C2)C(F)(F)C1. The molecule has 2 nitrogen and oxygen atoms in total. The van der Waals surface area contributed by atoms with E-state index < -0.39 is 12.0 Å². The molecule has 0 amide bonds. The normalized spacial score (nSPS) is 30.7. The summed E-state index contributed by atoms with van der Waals surface area (Å²) in [6.45, 7) is 9.63. The molecular formula is C14H26F2N2. The highest BCUT2D eigenvalue weighted by molar-refractivity contribution is 4.97. The number of rotatable bonds is 4. The van der Waals surface area contributed by atoms with Gasteiger partial charge in [-0.2, -0.15) is 0 Å². The Balaban J connectivity index is 1.84. The molecule has 0 aromatic rings. The second-order valence-electron chi connectivity index (χ2n) is 6.38. The van der Waals surface area contributed by atoms with Crippen molar-refractivity contribution >= 4 is 0 Å². The zero-order valence-electron chi connectivity index (χ0n) is 11.8. The largest absolute Gasteiger partial charge is 0.298 e. The van der Waals surface area contributed by atoms with E-state index in [1.54, 1.807) is 0 Å². The van der Waals surface area contributed by atoms with Gasteiger partial charge in [0.25, 0.3) is 5.92 Å². The zero-order chi connectivity index (χ0) is 13.3. The van der Waals surface area contributed by atoms with Crippen LogP contribution in [0.15, 0.2) is 0 Å². The predicted octanol–water partition coefficient (Wildman–Crippen LogP) is 2.69. The molecule has 2 rings (SSSR count). The first-order valence-corrected chi connectivity index (χ1v) is 7.26. The minimum Gasteiger partial charge on any atom is -0.298 e. The van der Waals surface area contributed by atoms with E-state index in [9.17, 15) is 8.78 Å². The van der Waals surface area contributed by atoms with Crippen LogP contribution in [0.5, 0.6) is 0 Å². The van der Waals surface area contributed by atoms with Gasteiger partial charge in [-0.25, -0.2) is 8.78 Å². The lowest BCUT2D eigenvalue weighted by Gasteiger charge is -2.50. The van der Waals surface area contributed by atoms with Crippen LogP contribution in [-0.4, -0.2) is 54.5 Å². The Morgan fingerprint density at radius 3 is 2.44 bits per heavy atom. The molecule has 2 aliphatic heterocycles. The van der Waals surface area contributed by atoms with Crippen LogP contribution in [0.25, 0.3) is 0 Å². The van der Waals surface area contributed by atoms with Crippen molar-refractivity contribution in [3.8, 4) is 0 Å². The molecule has 0 aliphatic carbocycles. The first-order chi connectivity index (χ1) is 8.42. The third kappa shape index (κ3) is 3.02. The highest BCUT2D eigenvalue weighted by Gasteiger charge is 2.49. The lowest BCUT2D eigenvalue weighted by molar-refractivity contribution is -0.149. The van der Waals surface area contributed by atoms with Crippen molar-refractivity contribution in [1.29, 1.82) is 0 Å². The van der Waals surface area contributed by atoms with E-state index in [2.05, 4.69) is 13.8 Å². The molecule has 0 spiro atoms. The average molecular weight is 260 g/mol. The van der Waals surface area contributed by atoms with E-state index in [-0.39, 0.29) is 6.54 Å². The highest BCUT2D eigenvalue weighted by Crippen LogP contribution is 2.36. The number of nitrogens with zero attached hydrogens (tertiary/aromatic N) is 2. The van der Waals surface area contributed by atoms with Crippen molar-refractivity contribution in [2.24, 2.45) is 11.8 Å². The van der Waals surface area contributed by atoms with Crippen LogP contribution in [0.4, 0.5) is 8.78 Å². The van der Waals surface area contributed by atoms with Crippen LogP contribution < -0.4 is 0 Å². The Bertz CT molecular complexity index is 275. The summed E-state index contributed by atoms with van der Waals surface area (Å²) in [5.41, 5.74) is 0. The number of hydrogen-bond donors (Lipinski definition) is 0. The number of piperidine rings is 1. The Morgan fingerprint density at radius 1 is 1.28 bits per heavy atom. The Hall–Kier alpha value is -0.220. The number of halogens is 2. The van der Waals surface area contributed by atoms with Crippen molar-refractivity contribution in [2.75, 3.05) is 32.7 Å². The maximum atomic E-state index is 14.1.